The average Bonchev–Trinajstić information content (AvgIpc) is 3.63. The fourth-order valence-electron chi connectivity index (χ4n) is 6.53. The smallest absolute Gasteiger partial charge is 0.326 e. The van der Waals surface area contributed by atoms with Gasteiger partial charge in [0.05, 0.1) is 0 Å². The van der Waals surface area contributed by atoms with Crippen LogP contribution in [0.25, 0.3) is 0 Å². The number of nitrogens with zero attached hydrogens (tertiary/aromatic N) is 1. The molecule has 4 amide bonds. The van der Waals surface area contributed by atoms with Gasteiger partial charge in [0.25, 0.3) is 5.91 Å². The molecule has 0 radical (unpaired) electrons. The predicted molar refractivity (Wildman–Crippen MR) is 199 cm³/mol. The number of nitrogens with one attached hydrogen (secondary N) is 4. The van der Waals surface area contributed by atoms with Crippen molar-refractivity contribution in [2.24, 2.45) is 5.92 Å². The molecule has 1 aliphatic rings. The number of likely N-dealkylation sites (tertiary alicyclic amines) is 1. The average molecular weight is 740 g/mol. The highest BCUT2D eigenvalue weighted by Gasteiger charge is 2.41. The molecule has 1 heterocycles. The SMILES string of the molecule is CCCCCCC[C@@H](NC)[C@@H](O)C(=O)N[C@H](C(=O)N1CCC[C@@H]1C(=O)N[C@@H](Cc1ccc(O)cc1)C(=O)N[C@@H](Cc1ccc(O)cc1)C(=O)O)C(C)C. The van der Waals surface area contributed by atoms with E-state index in [4.69, 9.17) is 0 Å². The van der Waals surface area contributed by atoms with E-state index in [1.54, 1.807) is 45.2 Å². The van der Waals surface area contributed by atoms with Crippen molar-refractivity contribution in [3.63, 3.8) is 0 Å². The molecule has 0 aliphatic carbocycles. The van der Waals surface area contributed by atoms with Gasteiger partial charge in [0.15, 0.2) is 0 Å². The molecule has 2 aromatic rings. The fraction of sp³-hybridized carbons (Fsp3) is 0.564. The minimum Gasteiger partial charge on any atom is -0.508 e. The number of carboxylic acid groups (broad SMARTS) is 1. The predicted octanol–water partition coefficient (Wildman–Crippen LogP) is 2.38. The summed E-state index contributed by atoms with van der Waals surface area (Å²) in [6, 6.07) is 6.81. The molecular weight excluding hydrogens is 682 g/mol. The van der Waals surface area contributed by atoms with Gasteiger partial charge >= 0.3 is 5.97 Å². The summed E-state index contributed by atoms with van der Waals surface area (Å²) in [5, 5.41) is 51.2. The van der Waals surface area contributed by atoms with Gasteiger partial charge in [-0.1, -0.05) is 77.1 Å². The largest absolute Gasteiger partial charge is 0.508 e. The monoisotopic (exact) mass is 739 g/mol. The molecule has 1 aliphatic heterocycles. The van der Waals surface area contributed by atoms with Gasteiger partial charge < -0.3 is 46.6 Å². The van der Waals surface area contributed by atoms with Crippen LogP contribution in [0.4, 0.5) is 0 Å². The van der Waals surface area contributed by atoms with Gasteiger partial charge in [0, 0.05) is 25.4 Å². The molecular formula is C39H57N5O9. The van der Waals surface area contributed by atoms with Gasteiger partial charge in [0.1, 0.15) is 41.8 Å². The van der Waals surface area contributed by atoms with E-state index in [1.165, 1.54) is 29.2 Å². The number of likely N-dealkylation sites (N-methyl/N-ethyl adjacent to an activating group) is 1. The van der Waals surface area contributed by atoms with Crippen LogP contribution in [-0.2, 0) is 36.8 Å². The molecule has 292 valence electrons. The standard InChI is InChI=1S/C39H57N5O9/c1-5-6-7-8-9-11-29(40-4)34(47)37(50)43-33(24(2)3)38(51)44-21-10-12-32(44)36(49)41-30(22-25-13-17-27(45)18-14-25)35(48)42-31(39(52)53)23-26-15-19-28(46)20-16-26/h13-20,24,29-34,40,45-47H,5-12,21-23H2,1-4H3,(H,41,49)(H,42,48)(H,43,50)(H,52,53)/t29-,30+,31+,32-,33+,34-/m1/s1. The number of amides is 4. The third kappa shape index (κ3) is 13.0. The number of rotatable bonds is 21. The van der Waals surface area contributed by atoms with E-state index in [-0.39, 0.29) is 36.8 Å². The Morgan fingerprint density at radius 3 is 1.89 bits per heavy atom. The Morgan fingerprint density at radius 2 is 1.36 bits per heavy atom. The molecule has 0 aromatic heterocycles. The highest BCUT2D eigenvalue weighted by molar-refractivity contribution is 5.96. The van der Waals surface area contributed by atoms with Crippen molar-refractivity contribution >= 4 is 29.6 Å². The normalized spacial score (nSPS) is 17.0. The number of unbranched alkanes of at least 4 members (excludes halogenated alkanes) is 4. The lowest BCUT2D eigenvalue weighted by Gasteiger charge is -2.32. The van der Waals surface area contributed by atoms with Crippen LogP contribution in [0.15, 0.2) is 48.5 Å². The summed E-state index contributed by atoms with van der Waals surface area (Å²) in [6.45, 7) is 5.89. The number of aliphatic hydroxyl groups is 1. The molecule has 14 nitrogen and oxygen atoms in total. The molecule has 1 fully saturated rings. The van der Waals surface area contributed by atoms with E-state index in [0.717, 1.165) is 32.1 Å². The Labute approximate surface area is 311 Å². The van der Waals surface area contributed by atoms with Crippen LogP contribution in [0, 0.1) is 5.92 Å². The van der Waals surface area contributed by atoms with Crippen LogP contribution >= 0.6 is 0 Å². The summed E-state index contributed by atoms with van der Waals surface area (Å²) in [6.07, 6.45) is 5.00. The molecule has 53 heavy (non-hydrogen) atoms. The molecule has 14 heteroatoms. The quantitative estimate of drug-likeness (QED) is 0.0875. The number of aromatic hydroxyl groups is 2. The second-order valence-electron chi connectivity index (χ2n) is 14.2. The lowest BCUT2D eigenvalue weighted by atomic mass is 9.99. The van der Waals surface area contributed by atoms with Gasteiger partial charge in [-0.3, -0.25) is 19.2 Å². The van der Waals surface area contributed by atoms with Gasteiger partial charge in [-0.25, -0.2) is 4.79 Å². The van der Waals surface area contributed by atoms with Crippen LogP contribution in [0.5, 0.6) is 11.5 Å². The fourth-order valence-corrected chi connectivity index (χ4v) is 6.53. The first-order valence-electron chi connectivity index (χ1n) is 18.6. The minimum absolute atomic E-state index is 0.00180. The third-order valence-corrected chi connectivity index (χ3v) is 9.71. The zero-order chi connectivity index (χ0) is 39.1. The number of hydrogen-bond acceptors (Lipinski definition) is 9. The van der Waals surface area contributed by atoms with Crippen molar-refractivity contribution in [2.75, 3.05) is 13.6 Å². The number of carboxylic acids is 1. The summed E-state index contributed by atoms with van der Waals surface area (Å²) in [5.74, 6) is -4.22. The number of phenols is 2. The molecule has 1 saturated heterocycles. The molecule has 8 N–H and O–H groups in total. The number of phenolic OH excluding ortho intramolecular Hbond substituents is 2. The van der Waals surface area contributed by atoms with Crippen LogP contribution in [0.3, 0.4) is 0 Å². The zero-order valence-electron chi connectivity index (χ0n) is 31.2. The molecule has 3 rings (SSSR count). The summed E-state index contributed by atoms with van der Waals surface area (Å²) < 4.78 is 0. The minimum atomic E-state index is -1.39. The number of hydrogen-bond donors (Lipinski definition) is 8. The van der Waals surface area contributed by atoms with E-state index in [2.05, 4.69) is 28.2 Å². The van der Waals surface area contributed by atoms with Crippen molar-refractivity contribution in [1.29, 1.82) is 0 Å². The summed E-state index contributed by atoms with van der Waals surface area (Å²) in [7, 11) is 1.68. The number of benzene rings is 2. The maximum absolute atomic E-state index is 14.0. The molecule has 0 bridgehead atoms. The summed E-state index contributed by atoms with van der Waals surface area (Å²) in [5.41, 5.74) is 1.13. The summed E-state index contributed by atoms with van der Waals surface area (Å²) >= 11 is 0. The number of carbonyl (C=O) groups excluding carboxylic acids is 4. The van der Waals surface area contributed by atoms with E-state index in [9.17, 15) is 44.4 Å². The first-order valence-corrected chi connectivity index (χ1v) is 18.6. The van der Waals surface area contributed by atoms with Crippen LogP contribution in [0.2, 0.25) is 0 Å². The van der Waals surface area contributed by atoms with Gasteiger partial charge in [-0.2, -0.15) is 0 Å². The van der Waals surface area contributed by atoms with Gasteiger partial charge in [0.2, 0.25) is 17.7 Å². The third-order valence-electron chi connectivity index (χ3n) is 9.71. The molecule has 0 unspecified atom stereocenters. The molecule has 2 aromatic carbocycles. The van der Waals surface area contributed by atoms with Crippen LogP contribution in [0.1, 0.15) is 83.3 Å². The summed E-state index contributed by atoms with van der Waals surface area (Å²) in [4.78, 5) is 68.3. The Hall–Kier alpha value is -4.69. The van der Waals surface area contributed by atoms with E-state index in [0.29, 0.717) is 30.4 Å². The topological polar surface area (TPSA) is 218 Å². The zero-order valence-corrected chi connectivity index (χ0v) is 31.2. The first-order chi connectivity index (χ1) is 25.2. The maximum Gasteiger partial charge on any atom is 0.326 e. The van der Waals surface area contributed by atoms with Gasteiger partial charge in [-0.05, 0) is 67.6 Å². The number of aliphatic hydroxyl groups excluding tert-OH is 1. The second kappa shape index (κ2) is 21.1. The van der Waals surface area contributed by atoms with Gasteiger partial charge in [-0.15, -0.1) is 0 Å². The van der Waals surface area contributed by atoms with Crippen molar-refractivity contribution in [3.05, 3.63) is 59.7 Å². The van der Waals surface area contributed by atoms with Crippen LogP contribution in [-0.4, -0.2) is 105 Å². The van der Waals surface area contributed by atoms with E-state index >= 15 is 0 Å². The molecule has 0 spiro atoms. The van der Waals surface area contributed by atoms with Crippen LogP contribution < -0.4 is 21.3 Å². The van der Waals surface area contributed by atoms with E-state index < -0.39 is 65.9 Å². The van der Waals surface area contributed by atoms with Crippen molar-refractivity contribution in [1.82, 2.24) is 26.2 Å². The van der Waals surface area contributed by atoms with Crippen molar-refractivity contribution in [3.8, 4) is 11.5 Å². The number of carbonyl (C=O) groups is 5. The highest BCUT2D eigenvalue weighted by atomic mass is 16.4. The van der Waals surface area contributed by atoms with Crippen molar-refractivity contribution < 1.29 is 44.4 Å². The molecule has 6 atom stereocenters. The van der Waals surface area contributed by atoms with Crippen molar-refractivity contribution in [2.45, 2.75) is 121 Å². The Bertz CT molecular complexity index is 1500. The van der Waals surface area contributed by atoms with E-state index in [1.807, 2.05) is 0 Å². The lowest BCUT2D eigenvalue weighted by molar-refractivity contribution is -0.145. The highest BCUT2D eigenvalue weighted by Crippen LogP contribution is 2.22. The Balaban J connectivity index is 1.75. The molecule has 0 saturated carbocycles. The second-order valence-corrected chi connectivity index (χ2v) is 14.2. The number of aliphatic carboxylic acids is 1. The first kappa shape index (κ1) is 42.7. The maximum atomic E-state index is 14.0. The lowest BCUT2D eigenvalue weighted by Crippen LogP contribution is -2.59. The Morgan fingerprint density at radius 1 is 0.792 bits per heavy atom. The Kier molecular flexibility index (Phi) is 17.0.